The van der Waals surface area contributed by atoms with E-state index in [9.17, 15) is 14.7 Å². The van der Waals surface area contributed by atoms with Crippen LogP contribution in [0.5, 0.6) is 5.75 Å². The minimum Gasteiger partial charge on any atom is -0.508 e. The number of phenolic OH excluding ortho intramolecular Hbond substituents is 1. The molecule has 1 fully saturated rings. The molecule has 0 spiro atoms. The smallest absolute Gasteiger partial charge is 0.345 e. The van der Waals surface area contributed by atoms with Crippen molar-refractivity contribution in [2.24, 2.45) is 0 Å². The largest absolute Gasteiger partial charge is 0.508 e. The molecule has 1 aliphatic heterocycles. The van der Waals surface area contributed by atoms with Crippen molar-refractivity contribution in [1.29, 1.82) is 0 Å². The SMILES string of the molecule is Cc1cc(-c2cc(Cc3cccc(C(=O)NC4CCN(C)CC4)c3)[nH]c(=O)n2)ccc1O. The standard InChI is InChI=1S/C25H28N4O3/c1-16-12-18(6-7-23(16)30)22-15-21(27-25(32)28-22)14-17-4-3-5-19(13-17)24(31)26-20-8-10-29(2)11-9-20/h3-7,12-13,15,20,30H,8-11,14H2,1-2H3,(H,26,31)(H,27,28,32). The first-order chi connectivity index (χ1) is 15.4. The van der Waals surface area contributed by atoms with Gasteiger partial charge in [-0.05, 0) is 87.4 Å². The third-order valence-corrected chi connectivity index (χ3v) is 5.93. The van der Waals surface area contributed by atoms with Crippen LogP contribution >= 0.6 is 0 Å². The van der Waals surface area contributed by atoms with Crippen LogP contribution < -0.4 is 11.0 Å². The second-order valence-electron chi connectivity index (χ2n) is 8.53. The van der Waals surface area contributed by atoms with Crippen molar-refractivity contribution in [3.63, 3.8) is 0 Å². The molecule has 1 saturated heterocycles. The Morgan fingerprint density at radius 3 is 2.72 bits per heavy atom. The number of benzene rings is 2. The Labute approximate surface area is 187 Å². The predicted octanol–water partition coefficient (Wildman–Crippen LogP) is 2.87. The lowest BCUT2D eigenvalue weighted by molar-refractivity contribution is 0.0916. The Morgan fingerprint density at radius 2 is 1.97 bits per heavy atom. The number of H-pyrrole nitrogens is 1. The summed E-state index contributed by atoms with van der Waals surface area (Å²) >= 11 is 0. The molecule has 0 bridgehead atoms. The lowest BCUT2D eigenvalue weighted by Gasteiger charge is -2.29. The van der Waals surface area contributed by atoms with Gasteiger partial charge in [0.05, 0.1) is 5.69 Å². The summed E-state index contributed by atoms with van der Waals surface area (Å²) in [5.74, 6) is 0.138. The van der Waals surface area contributed by atoms with Crippen molar-refractivity contribution in [2.45, 2.75) is 32.2 Å². The summed E-state index contributed by atoms with van der Waals surface area (Å²) in [6.45, 7) is 3.78. The lowest BCUT2D eigenvalue weighted by Crippen LogP contribution is -2.43. The molecular formula is C25H28N4O3. The molecule has 7 heteroatoms. The van der Waals surface area contributed by atoms with Crippen molar-refractivity contribution >= 4 is 5.91 Å². The Morgan fingerprint density at radius 1 is 1.19 bits per heavy atom. The number of nitrogens with one attached hydrogen (secondary N) is 2. The molecule has 7 nitrogen and oxygen atoms in total. The molecule has 0 atom stereocenters. The summed E-state index contributed by atoms with van der Waals surface area (Å²) in [6.07, 6.45) is 2.39. The number of piperidine rings is 1. The maximum absolute atomic E-state index is 12.7. The maximum atomic E-state index is 12.7. The Hall–Kier alpha value is -3.45. The Kier molecular flexibility index (Phi) is 6.37. The molecule has 32 heavy (non-hydrogen) atoms. The van der Waals surface area contributed by atoms with Crippen LogP contribution in [-0.4, -0.2) is 52.1 Å². The van der Waals surface area contributed by atoms with Gasteiger partial charge in [-0.3, -0.25) is 4.79 Å². The van der Waals surface area contributed by atoms with Gasteiger partial charge < -0.3 is 20.3 Å². The van der Waals surface area contributed by atoms with E-state index in [0.717, 1.165) is 42.6 Å². The van der Waals surface area contributed by atoms with Crippen molar-refractivity contribution in [1.82, 2.24) is 20.2 Å². The van der Waals surface area contributed by atoms with E-state index in [0.29, 0.717) is 23.4 Å². The quantitative estimate of drug-likeness (QED) is 0.576. The normalized spacial score (nSPS) is 14.9. The van der Waals surface area contributed by atoms with E-state index < -0.39 is 5.69 Å². The van der Waals surface area contributed by atoms with Gasteiger partial charge in [-0.1, -0.05) is 12.1 Å². The van der Waals surface area contributed by atoms with Crippen LogP contribution in [0.3, 0.4) is 0 Å². The van der Waals surface area contributed by atoms with E-state index >= 15 is 0 Å². The van der Waals surface area contributed by atoms with Crippen LogP contribution in [0.2, 0.25) is 0 Å². The molecular weight excluding hydrogens is 404 g/mol. The van der Waals surface area contributed by atoms with Crippen LogP contribution in [0.4, 0.5) is 0 Å². The highest BCUT2D eigenvalue weighted by Gasteiger charge is 2.19. The highest BCUT2D eigenvalue weighted by Crippen LogP contribution is 2.24. The van der Waals surface area contributed by atoms with Gasteiger partial charge in [0, 0.05) is 29.3 Å². The van der Waals surface area contributed by atoms with Gasteiger partial charge in [0.25, 0.3) is 5.91 Å². The average Bonchev–Trinajstić information content (AvgIpc) is 2.77. The molecule has 2 aromatic carbocycles. The molecule has 0 unspecified atom stereocenters. The first-order valence-electron chi connectivity index (χ1n) is 10.9. The van der Waals surface area contributed by atoms with Gasteiger partial charge in [0.15, 0.2) is 0 Å². The van der Waals surface area contributed by atoms with E-state index in [-0.39, 0.29) is 17.7 Å². The maximum Gasteiger partial charge on any atom is 0.345 e. The molecule has 4 rings (SSSR count). The number of amides is 1. The number of aromatic amines is 1. The molecule has 0 aliphatic carbocycles. The summed E-state index contributed by atoms with van der Waals surface area (Å²) in [6, 6.07) is 14.7. The second kappa shape index (κ2) is 9.36. The summed E-state index contributed by atoms with van der Waals surface area (Å²) in [4.78, 5) is 34.0. The number of nitrogens with zero attached hydrogens (tertiary/aromatic N) is 2. The summed E-state index contributed by atoms with van der Waals surface area (Å²) < 4.78 is 0. The number of carbonyl (C=O) groups excluding carboxylic acids is 1. The molecule has 0 radical (unpaired) electrons. The fraction of sp³-hybridized carbons (Fsp3) is 0.320. The molecule has 1 amide bonds. The highest BCUT2D eigenvalue weighted by atomic mass is 16.3. The van der Waals surface area contributed by atoms with Gasteiger partial charge in [0.2, 0.25) is 0 Å². The third kappa shape index (κ3) is 5.23. The number of likely N-dealkylation sites (tertiary alicyclic amines) is 1. The van der Waals surface area contributed by atoms with Crippen LogP contribution in [0.15, 0.2) is 53.3 Å². The van der Waals surface area contributed by atoms with E-state index in [4.69, 9.17) is 0 Å². The topological polar surface area (TPSA) is 98.3 Å². The number of phenols is 1. The van der Waals surface area contributed by atoms with Gasteiger partial charge in [-0.15, -0.1) is 0 Å². The van der Waals surface area contributed by atoms with Crippen molar-refractivity contribution in [3.8, 4) is 17.0 Å². The summed E-state index contributed by atoms with van der Waals surface area (Å²) in [5.41, 5.74) is 3.84. The van der Waals surface area contributed by atoms with Crippen molar-refractivity contribution in [3.05, 3.63) is 81.4 Å². The lowest BCUT2D eigenvalue weighted by atomic mass is 10.0. The van der Waals surface area contributed by atoms with E-state index in [2.05, 4.69) is 27.2 Å². The Balaban J connectivity index is 1.51. The average molecular weight is 433 g/mol. The number of carbonyl (C=O) groups is 1. The number of hydrogen-bond acceptors (Lipinski definition) is 5. The van der Waals surface area contributed by atoms with Crippen molar-refractivity contribution in [2.75, 3.05) is 20.1 Å². The molecule has 1 aliphatic rings. The van der Waals surface area contributed by atoms with Gasteiger partial charge in [0.1, 0.15) is 5.75 Å². The fourth-order valence-electron chi connectivity index (χ4n) is 4.03. The first-order valence-corrected chi connectivity index (χ1v) is 10.9. The van der Waals surface area contributed by atoms with Gasteiger partial charge in [-0.25, -0.2) is 4.79 Å². The molecule has 1 aromatic heterocycles. The zero-order valence-corrected chi connectivity index (χ0v) is 18.4. The van der Waals surface area contributed by atoms with Crippen LogP contribution in [0.25, 0.3) is 11.3 Å². The summed E-state index contributed by atoms with van der Waals surface area (Å²) in [7, 11) is 2.10. The third-order valence-electron chi connectivity index (χ3n) is 5.93. The second-order valence-corrected chi connectivity index (χ2v) is 8.53. The Bertz CT molecular complexity index is 1180. The summed E-state index contributed by atoms with van der Waals surface area (Å²) in [5, 5.41) is 12.9. The number of rotatable bonds is 5. The number of hydrogen-bond donors (Lipinski definition) is 3. The van der Waals surface area contributed by atoms with Crippen LogP contribution in [0, 0.1) is 6.92 Å². The van der Waals surface area contributed by atoms with E-state index in [1.807, 2.05) is 30.3 Å². The fourth-order valence-corrected chi connectivity index (χ4v) is 4.03. The van der Waals surface area contributed by atoms with Crippen LogP contribution in [-0.2, 0) is 6.42 Å². The zero-order chi connectivity index (χ0) is 22.7. The van der Waals surface area contributed by atoms with E-state index in [1.165, 1.54) is 0 Å². The van der Waals surface area contributed by atoms with E-state index in [1.54, 1.807) is 25.1 Å². The van der Waals surface area contributed by atoms with Crippen LogP contribution in [0.1, 0.15) is 40.0 Å². The predicted molar refractivity (Wildman–Crippen MR) is 124 cm³/mol. The minimum absolute atomic E-state index is 0.0649. The molecule has 0 saturated carbocycles. The number of aromatic hydroxyl groups is 1. The molecule has 3 aromatic rings. The van der Waals surface area contributed by atoms with Crippen molar-refractivity contribution < 1.29 is 9.90 Å². The van der Waals surface area contributed by atoms with Gasteiger partial charge >= 0.3 is 5.69 Å². The highest BCUT2D eigenvalue weighted by molar-refractivity contribution is 5.94. The minimum atomic E-state index is -0.431. The molecule has 3 N–H and O–H groups in total. The molecule has 2 heterocycles. The molecule has 166 valence electrons. The number of aromatic nitrogens is 2. The number of aryl methyl sites for hydroxylation is 1. The van der Waals surface area contributed by atoms with Gasteiger partial charge in [-0.2, -0.15) is 4.98 Å². The zero-order valence-electron chi connectivity index (χ0n) is 18.4. The first kappa shape index (κ1) is 21.8. The monoisotopic (exact) mass is 432 g/mol.